The third-order valence-corrected chi connectivity index (χ3v) is 6.84. The summed E-state index contributed by atoms with van der Waals surface area (Å²) in [6, 6.07) is 1.67. The number of rotatable bonds is 9. The average Bonchev–Trinajstić information content (AvgIpc) is 2.85. The number of benzene rings is 1. The minimum Gasteiger partial charge on any atom is -0.495 e. The van der Waals surface area contributed by atoms with E-state index in [-0.39, 0.29) is 12.0 Å². The molecule has 0 aliphatic carbocycles. The van der Waals surface area contributed by atoms with Crippen molar-refractivity contribution in [2.24, 2.45) is 0 Å². The first-order chi connectivity index (χ1) is 17.4. The summed E-state index contributed by atoms with van der Waals surface area (Å²) in [7, 11) is 4.87. The van der Waals surface area contributed by atoms with Crippen LogP contribution in [0.5, 0.6) is 11.5 Å². The van der Waals surface area contributed by atoms with E-state index in [0.717, 1.165) is 17.0 Å². The molecule has 192 valence electrons. The van der Waals surface area contributed by atoms with E-state index in [2.05, 4.69) is 20.2 Å². The number of allylic oxidation sites excluding steroid dienone is 1. The fourth-order valence-corrected chi connectivity index (χ4v) is 4.92. The Morgan fingerprint density at radius 2 is 1.92 bits per heavy atom. The van der Waals surface area contributed by atoms with E-state index in [1.54, 1.807) is 50.6 Å². The van der Waals surface area contributed by atoms with Crippen LogP contribution in [0, 0.1) is 0 Å². The quantitative estimate of drug-likeness (QED) is 0.483. The number of amides is 1. The molecule has 1 N–H and O–H groups in total. The lowest BCUT2D eigenvalue weighted by Crippen LogP contribution is -2.54. The summed E-state index contributed by atoms with van der Waals surface area (Å²) >= 11 is 13.4. The predicted molar refractivity (Wildman–Crippen MR) is 142 cm³/mol. The average molecular weight is 534 g/mol. The van der Waals surface area contributed by atoms with Gasteiger partial charge in [0.05, 0.1) is 37.0 Å². The van der Waals surface area contributed by atoms with Crippen molar-refractivity contribution in [3.05, 3.63) is 45.6 Å². The number of nitrogens with one attached hydrogen (secondary N) is 1. The lowest BCUT2D eigenvalue weighted by Gasteiger charge is -2.39. The van der Waals surface area contributed by atoms with Gasteiger partial charge in [0.25, 0.3) is 0 Å². The molecule has 2 aliphatic heterocycles. The summed E-state index contributed by atoms with van der Waals surface area (Å²) in [6.45, 7) is 4.53. The van der Waals surface area contributed by atoms with Crippen molar-refractivity contribution in [3.63, 3.8) is 0 Å². The molecule has 1 amide bonds. The Balaban J connectivity index is 1.56. The van der Waals surface area contributed by atoms with Crippen LogP contribution in [-0.2, 0) is 9.53 Å². The number of ether oxygens (including phenoxy) is 3. The molecular weight excluding hydrogens is 505 g/mol. The number of aromatic nitrogens is 2. The number of hydrogen-bond acceptors (Lipinski definition) is 8. The monoisotopic (exact) mass is 533 g/mol. The number of fused-ring (bicyclic) bond motifs is 1. The molecule has 0 bridgehead atoms. The molecule has 1 fully saturated rings. The molecule has 1 aromatic heterocycles. The molecule has 2 aromatic rings. The van der Waals surface area contributed by atoms with Gasteiger partial charge in [-0.15, -0.1) is 0 Å². The van der Waals surface area contributed by atoms with Crippen molar-refractivity contribution in [1.82, 2.24) is 14.9 Å². The molecule has 1 saturated heterocycles. The number of hydrogen-bond donors (Lipinski definition) is 1. The first-order valence-electron chi connectivity index (χ1n) is 11.5. The zero-order valence-electron chi connectivity index (χ0n) is 20.7. The van der Waals surface area contributed by atoms with Gasteiger partial charge in [-0.3, -0.25) is 4.79 Å². The normalized spacial score (nSPS) is 15.4. The number of methoxy groups -OCH3 is 2. The van der Waals surface area contributed by atoms with Gasteiger partial charge in [-0.1, -0.05) is 29.3 Å². The van der Waals surface area contributed by atoms with Crippen molar-refractivity contribution in [2.45, 2.75) is 13.0 Å². The highest BCUT2D eigenvalue weighted by Crippen LogP contribution is 2.45. The lowest BCUT2D eigenvalue weighted by atomic mass is 9.98. The minimum absolute atomic E-state index is 0.0101. The molecule has 0 unspecified atom stereocenters. The van der Waals surface area contributed by atoms with Crippen LogP contribution in [0.2, 0.25) is 10.0 Å². The highest BCUT2D eigenvalue weighted by Gasteiger charge is 2.31. The van der Waals surface area contributed by atoms with E-state index in [9.17, 15) is 4.79 Å². The van der Waals surface area contributed by atoms with Gasteiger partial charge < -0.3 is 29.3 Å². The van der Waals surface area contributed by atoms with E-state index in [1.165, 1.54) is 0 Å². The summed E-state index contributed by atoms with van der Waals surface area (Å²) in [4.78, 5) is 24.8. The molecule has 0 atom stereocenters. The van der Waals surface area contributed by atoms with Crippen LogP contribution in [0.3, 0.4) is 0 Å². The minimum atomic E-state index is 0.0101. The Morgan fingerprint density at radius 3 is 2.53 bits per heavy atom. The zero-order chi connectivity index (χ0) is 25.8. The van der Waals surface area contributed by atoms with Gasteiger partial charge in [-0.25, -0.2) is 4.98 Å². The van der Waals surface area contributed by atoms with Gasteiger partial charge in [0.15, 0.2) is 0 Å². The number of anilines is 2. The summed E-state index contributed by atoms with van der Waals surface area (Å²) < 4.78 is 17.0. The Hall–Kier alpha value is -3.01. The smallest absolute Gasteiger partial charge is 0.246 e. The van der Waals surface area contributed by atoms with Crippen LogP contribution < -0.4 is 19.7 Å². The third-order valence-electron chi connectivity index (χ3n) is 6.09. The van der Waals surface area contributed by atoms with Crippen LogP contribution in [0.15, 0.2) is 24.4 Å². The molecule has 0 radical (unpaired) electrons. The predicted octanol–water partition coefficient (Wildman–Crippen LogP) is 4.01. The summed E-state index contributed by atoms with van der Waals surface area (Å²) in [6.07, 6.45) is 7.07. The fraction of sp³-hybridized carbons (Fsp3) is 0.400. The molecule has 0 saturated carbocycles. The van der Waals surface area contributed by atoms with E-state index >= 15 is 0 Å². The number of carbonyl (C=O) groups excluding carboxylic acids is 1. The molecule has 0 spiro atoms. The number of likely N-dealkylation sites (tertiary alicyclic amines) is 1. The van der Waals surface area contributed by atoms with Crippen molar-refractivity contribution in [3.8, 4) is 11.5 Å². The lowest BCUT2D eigenvalue weighted by molar-refractivity contribution is -0.139. The number of nitrogens with zero attached hydrogens (tertiary/aromatic N) is 4. The topological polar surface area (TPSA) is 89.1 Å². The standard InChI is InChI=1S/C25H29Cl2N5O4/c1-5-6-20(33)32-13-17(14-32)36-8-7-31-12-16(9-15-11-29-25(28-2)30-24(15)31)21-22(26)18(34-3)10-19(35-4)23(21)27/h5-6,9-11,17H,7-8,12-14H2,1-4H3,(H,28,29,30)/b6-5+. The summed E-state index contributed by atoms with van der Waals surface area (Å²) in [5, 5.41) is 3.80. The molecule has 1 aromatic carbocycles. The maximum absolute atomic E-state index is 11.9. The summed E-state index contributed by atoms with van der Waals surface area (Å²) in [5.74, 6) is 2.25. The van der Waals surface area contributed by atoms with Gasteiger partial charge in [0.2, 0.25) is 11.9 Å². The zero-order valence-corrected chi connectivity index (χ0v) is 22.2. The van der Waals surface area contributed by atoms with Crippen molar-refractivity contribution in [2.75, 3.05) is 64.3 Å². The highest BCUT2D eigenvalue weighted by molar-refractivity contribution is 6.39. The Labute approximate surface area is 220 Å². The molecular formula is C25H29Cl2N5O4. The molecule has 36 heavy (non-hydrogen) atoms. The van der Waals surface area contributed by atoms with Crippen molar-refractivity contribution >= 4 is 52.5 Å². The second-order valence-electron chi connectivity index (χ2n) is 8.33. The van der Waals surface area contributed by atoms with Crippen LogP contribution in [0.4, 0.5) is 11.8 Å². The van der Waals surface area contributed by atoms with Gasteiger partial charge >= 0.3 is 0 Å². The van der Waals surface area contributed by atoms with Gasteiger partial charge in [-0.05, 0) is 24.6 Å². The van der Waals surface area contributed by atoms with Crippen molar-refractivity contribution in [1.29, 1.82) is 0 Å². The third kappa shape index (κ3) is 5.23. The van der Waals surface area contributed by atoms with E-state index in [1.807, 2.05) is 13.0 Å². The van der Waals surface area contributed by atoms with Crippen LogP contribution >= 0.6 is 23.2 Å². The fourth-order valence-electron chi connectivity index (χ4n) is 4.18. The van der Waals surface area contributed by atoms with E-state index < -0.39 is 0 Å². The molecule has 3 heterocycles. The largest absolute Gasteiger partial charge is 0.495 e. The Morgan fingerprint density at radius 1 is 1.22 bits per heavy atom. The first-order valence-corrected chi connectivity index (χ1v) is 12.3. The number of halogens is 2. The SMILES string of the molecule is C/C=C/C(=O)N1CC(OCCN2CC(c3c(Cl)c(OC)cc(OC)c3Cl)=Cc3cnc(NC)nc32)C1. The maximum Gasteiger partial charge on any atom is 0.246 e. The molecule has 2 aliphatic rings. The highest BCUT2D eigenvalue weighted by atomic mass is 35.5. The van der Waals surface area contributed by atoms with Gasteiger partial charge in [0.1, 0.15) is 17.3 Å². The molecule has 11 heteroatoms. The molecule has 4 rings (SSSR count). The van der Waals surface area contributed by atoms with Crippen molar-refractivity contribution < 1.29 is 19.0 Å². The number of carbonyl (C=O) groups is 1. The Kier molecular flexibility index (Phi) is 8.23. The van der Waals surface area contributed by atoms with Gasteiger partial charge in [-0.2, -0.15) is 4.98 Å². The second kappa shape index (κ2) is 11.4. The van der Waals surface area contributed by atoms with E-state index in [0.29, 0.717) is 65.8 Å². The summed E-state index contributed by atoms with van der Waals surface area (Å²) in [5.41, 5.74) is 2.35. The van der Waals surface area contributed by atoms with Crippen LogP contribution in [0.25, 0.3) is 11.6 Å². The van der Waals surface area contributed by atoms with Crippen LogP contribution in [0.1, 0.15) is 18.1 Å². The van der Waals surface area contributed by atoms with Gasteiger partial charge in [0, 0.05) is 56.6 Å². The maximum atomic E-state index is 11.9. The second-order valence-corrected chi connectivity index (χ2v) is 9.09. The molecule has 9 nitrogen and oxygen atoms in total. The first kappa shape index (κ1) is 26.1. The van der Waals surface area contributed by atoms with E-state index in [4.69, 9.17) is 37.4 Å². The Bertz CT molecular complexity index is 1170. The van der Waals surface area contributed by atoms with Crippen LogP contribution in [-0.4, -0.2) is 80.9 Å².